The van der Waals surface area contributed by atoms with Gasteiger partial charge in [-0.05, 0) is 82.9 Å². The van der Waals surface area contributed by atoms with Gasteiger partial charge in [0.1, 0.15) is 16.0 Å². The Balaban J connectivity index is 1.53. The van der Waals surface area contributed by atoms with Crippen LogP contribution >= 0.6 is 50.7 Å². The van der Waals surface area contributed by atoms with E-state index >= 15 is 0 Å². The molecule has 11 heteroatoms. The smallest absolute Gasteiger partial charge is 0.257 e. The average Bonchev–Trinajstić information content (AvgIpc) is 3.40. The van der Waals surface area contributed by atoms with Crippen LogP contribution in [0.15, 0.2) is 46.9 Å². The van der Waals surface area contributed by atoms with Crippen molar-refractivity contribution in [2.24, 2.45) is 5.92 Å². The summed E-state index contributed by atoms with van der Waals surface area (Å²) in [6, 6.07) is 10.1. The quantitative estimate of drug-likeness (QED) is 0.207. The minimum atomic E-state index is -1.39. The summed E-state index contributed by atoms with van der Waals surface area (Å²) >= 11 is 22.2. The zero-order valence-electron chi connectivity index (χ0n) is 18.9. The average molecular weight is 618 g/mol. The highest BCUT2D eigenvalue weighted by Crippen LogP contribution is 2.65. The zero-order valence-corrected chi connectivity index (χ0v) is 22.7. The number of carbonyl (C=O) groups is 2. The third-order valence-electron chi connectivity index (χ3n) is 6.12. The lowest BCUT2D eigenvalue weighted by Crippen LogP contribution is -2.18. The molecule has 0 spiro atoms. The number of halogens is 6. The molecule has 4 rings (SSSR count). The van der Waals surface area contributed by atoms with Crippen LogP contribution in [0.5, 0.6) is 0 Å². The number of aryl methyl sites for hydroxylation is 1. The van der Waals surface area contributed by atoms with Crippen molar-refractivity contribution in [3.63, 3.8) is 0 Å². The highest BCUT2D eigenvalue weighted by atomic mass is 79.9. The Hall–Kier alpha value is -2.39. The molecule has 0 saturated heterocycles. The van der Waals surface area contributed by atoms with E-state index < -0.39 is 39.6 Å². The number of alkyl halides is 2. The van der Waals surface area contributed by atoms with E-state index in [1.54, 1.807) is 26.0 Å². The number of hydrogen-bond donors (Lipinski definition) is 3. The summed E-state index contributed by atoms with van der Waals surface area (Å²) in [7, 11) is 0. The van der Waals surface area contributed by atoms with Crippen LogP contribution in [0.25, 0.3) is 0 Å². The summed E-state index contributed by atoms with van der Waals surface area (Å²) in [6.07, 6.45) is 0. The Morgan fingerprint density at radius 1 is 1.06 bits per heavy atom. The van der Waals surface area contributed by atoms with Crippen LogP contribution in [0.4, 0.5) is 25.8 Å². The maximum absolute atomic E-state index is 14.0. The Kier molecular flexibility index (Phi) is 7.27. The number of anilines is 3. The van der Waals surface area contributed by atoms with Gasteiger partial charge >= 0.3 is 0 Å². The molecular formula is C25H19BrCl3F2N3O2. The fraction of sp³-hybridized carbons (Fsp3) is 0.200. The molecule has 0 aliphatic heterocycles. The number of nitrogens with two attached hydrogens (primary N) is 1. The first-order chi connectivity index (χ1) is 16.8. The largest absolute Gasteiger partial charge is 0.396 e. The second-order valence-electron chi connectivity index (χ2n) is 8.54. The monoisotopic (exact) mass is 615 g/mol. The van der Waals surface area contributed by atoms with Gasteiger partial charge in [0.05, 0.1) is 26.7 Å². The zero-order chi connectivity index (χ0) is 26.5. The molecule has 0 bridgehead atoms. The molecule has 1 fully saturated rings. The second kappa shape index (κ2) is 9.82. The van der Waals surface area contributed by atoms with Gasteiger partial charge in [0, 0.05) is 17.3 Å². The molecule has 0 radical (unpaired) electrons. The fourth-order valence-electron chi connectivity index (χ4n) is 4.02. The number of nitrogens with one attached hydrogen (secondary N) is 2. The maximum Gasteiger partial charge on any atom is 0.257 e. The Bertz CT molecular complexity index is 1390. The van der Waals surface area contributed by atoms with Crippen molar-refractivity contribution in [3.05, 3.63) is 85.8 Å². The van der Waals surface area contributed by atoms with Crippen molar-refractivity contribution < 1.29 is 18.4 Å². The Labute approximate surface area is 229 Å². The van der Waals surface area contributed by atoms with E-state index in [0.29, 0.717) is 22.4 Å². The van der Waals surface area contributed by atoms with Gasteiger partial charge in [-0.15, -0.1) is 23.2 Å². The highest BCUT2D eigenvalue weighted by Gasteiger charge is 2.67. The van der Waals surface area contributed by atoms with Crippen LogP contribution < -0.4 is 16.4 Å². The third kappa shape index (κ3) is 4.92. The van der Waals surface area contributed by atoms with Crippen molar-refractivity contribution in [1.29, 1.82) is 0 Å². The molecule has 2 unspecified atom stereocenters. The molecule has 0 heterocycles. The molecular weight excluding hydrogens is 599 g/mol. The fourth-order valence-corrected chi connectivity index (χ4v) is 5.63. The van der Waals surface area contributed by atoms with E-state index in [9.17, 15) is 18.4 Å². The van der Waals surface area contributed by atoms with Crippen molar-refractivity contribution in [2.75, 3.05) is 16.4 Å². The number of rotatable bonds is 5. The van der Waals surface area contributed by atoms with E-state index in [0.717, 1.165) is 6.07 Å². The van der Waals surface area contributed by atoms with Crippen molar-refractivity contribution in [2.45, 2.75) is 24.1 Å². The minimum absolute atomic E-state index is 0.0743. The normalized spacial score (nSPS) is 18.0. The molecule has 2 atom stereocenters. The molecule has 5 nitrogen and oxygen atoms in total. The standard InChI is InChI=1S/C25H19BrCl3F2N3O2/c1-10-7-12(8-15(26)21(10)31)19-20(25(19,28)29)24(36)33-13-3-4-16(27)14(9-13)23(35)34-18-6-5-17(30)22(32)11(18)2/h3-9,19-20H,32H2,1-2H3,(H,33,36)(H,34,35). The van der Waals surface area contributed by atoms with Gasteiger partial charge in [-0.3, -0.25) is 9.59 Å². The van der Waals surface area contributed by atoms with Crippen molar-refractivity contribution >= 4 is 79.6 Å². The van der Waals surface area contributed by atoms with Crippen LogP contribution in [-0.4, -0.2) is 16.1 Å². The first-order valence-corrected chi connectivity index (χ1v) is 12.5. The minimum Gasteiger partial charge on any atom is -0.396 e. The van der Waals surface area contributed by atoms with Gasteiger partial charge in [-0.2, -0.15) is 0 Å². The number of amides is 2. The number of hydrogen-bond acceptors (Lipinski definition) is 3. The highest BCUT2D eigenvalue weighted by molar-refractivity contribution is 9.10. The lowest BCUT2D eigenvalue weighted by molar-refractivity contribution is -0.117. The first kappa shape index (κ1) is 26.7. The van der Waals surface area contributed by atoms with Gasteiger partial charge in [-0.1, -0.05) is 17.7 Å². The number of nitrogen functional groups attached to an aromatic ring is 1. The van der Waals surface area contributed by atoms with Crippen molar-refractivity contribution in [3.8, 4) is 0 Å². The maximum atomic E-state index is 14.0. The van der Waals surface area contributed by atoms with E-state index in [1.807, 2.05) is 0 Å². The molecule has 1 aliphatic carbocycles. The number of carbonyl (C=O) groups excluding carboxylic acids is 2. The Morgan fingerprint density at radius 3 is 2.42 bits per heavy atom. The predicted molar refractivity (Wildman–Crippen MR) is 143 cm³/mol. The third-order valence-corrected chi connectivity index (χ3v) is 7.96. The summed E-state index contributed by atoms with van der Waals surface area (Å²) in [5, 5.41) is 5.50. The summed E-state index contributed by atoms with van der Waals surface area (Å²) in [5.74, 6) is -3.41. The predicted octanol–water partition coefficient (Wildman–Crippen LogP) is 7.36. The van der Waals surface area contributed by atoms with Crippen LogP contribution in [0.1, 0.15) is 33.0 Å². The van der Waals surface area contributed by atoms with Crippen LogP contribution in [0.3, 0.4) is 0 Å². The molecule has 1 saturated carbocycles. The number of benzene rings is 3. The van der Waals surface area contributed by atoms with Crippen LogP contribution in [0.2, 0.25) is 5.02 Å². The molecule has 36 heavy (non-hydrogen) atoms. The lowest BCUT2D eigenvalue weighted by atomic mass is 10.1. The molecule has 188 valence electrons. The van der Waals surface area contributed by atoms with E-state index in [-0.39, 0.29) is 26.4 Å². The molecule has 3 aromatic rings. The first-order valence-electron chi connectivity index (χ1n) is 10.6. The van der Waals surface area contributed by atoms with Gasteiger partial charge in [0.15, 0.2) is 0 Å². The van der Waals surface area contributed by atoms with Gasteiger partial charge in [0.25, 0.3) is 5.91 Å². The van der Waals surface area contributed by atoms with Gasteiger partial charge < -0.3 is 16.4 Å². The van der Waals surface area contributed by atoms with Gasteiger partial charge in [0.2, 0.25) is 5.91 Å². The van der Waals surface area contributed by atoms with Crippen LogP contribution in [0, 0.1) is 31.4 Å². The SMILES string of the molecule is Cc1cc(C2C(C(=O)Nc3ccc(Cl)c(C(=O)Nc4ccc(F)c(N)c4C)c3)C2(Cl)Cl)cc(Br)c1F. The molecule has 3 aromatic carbocycles. The summed E-state index contributed by atoms with van der Waals surface area (Å²) in [4.78, 5) is 25.9. The van der Waals surface area contributed by atoms with E-state index in [1.165, 1.54) is 24.3 Å². The van der Waals surface area contributed by atoms with Crippen molar-refractivity contribution in [1.82, 2.24) is 0 Å². The lowest BCUT2D eigenvalue weighted by Gasteiger charge is -2.13. The molecule has 4 N–H and O–H groups in total. The van der Waals surface area contributed by atoms with Crippen LogP contribution in [-0.2, 0) is 4.79 Å². The summed E-state index contributed by atoms with van der Waals surface area (Å²) in [5.41, 5.74) is 7.68. The van der Waals surface area contributed by atoms with E-state index in [4.69, 9.17) is 40.5 Å². The topological polar surface area (TPSA) is 84.2 Å². The summed E-state index contributed by atoms with van der Waals surface area (Å²) in [6.45, 7) is 3.18. The summed E-state index contributed by atoms with van der Waals surface area (Å²) < 4.78 is 26.5. The van der Waals surface area contributed by atoms with Gasteiger partial charge in [-0.25, -0.2) is 8.78 Å². The Morgan fingerprint density at radius 2 is 1.75 bits per heavy atom. The molecule has 0 aromatic heterocycles. The molecule has 1 aliphatic rings. The second-order valence-corrected chi connectivity index (χ2v) is 11.2. The van der Waals surface area contributed by atoms with E-state index in [2.05, 4.69) is 26.6 Å². The molecule has 2 amide bonds.